The maximum Gasteiger partial charge on any atom is 0.234 e. The first kappa shape index (κ1) is 16.4. The summed E-state index contributed by atoms with van der Waals surface area (Å²) >= 11 is 0. The molecule has 0 unspecified atom stereocenters. The molecule has 0 aliphatic heterocycles. The van der Waals surface area contributed by atoms with Crippen molar-refractivity contribution in [2.45, 2.75) is 58.6 Å². The number of hydrogen-bond acceptors (Lipinski definition) is 3. The zero-order valence-electron chi connectivity index (χ0n) is 12.1. The molecule has 17 heavy (non-hydrogen) atoms. The number of hydrogen-bond donors (Lipinski definition) is 2. The van der Waals surface area contributed by atoms with Gasteiger partial charge in [0.25, 0.3) is 0 Å². The standard InChI is InChI=1S/C13H28N2O2/c1-7-13(17,8-2)10-15(6)9-11(16)14-12(3,4)5/h17H,7-10H2,1-6H3,(H,14,16). The van der Waals surface area contributed by atoms with Gasteiger partial charge in [-0.15, -0.1) is 0 Å². The summed E-state index contributed by atoms with van der Waals surface area (Å²) in [5.41, 5.74) is -0.888. The van der Waals surface area contributed by atoms with Crippen LogP contribution in [0.4, 0.5) is 0 Å². The average Bonchev–Trinajstić information content (AvgIpc) is 2.14. The minimum atomic E-state index is -0.684. The molecular formula is C13H28N2O2. The predicted molar refractivity (Wildman–Crippen MR) is 70.9 cm³/mol. The van der Waals surface area contributed by atoms with Crippen molar-refractivity contribution in [3.05, 3.63) is 0 Å². The minimum Gasteiger partial charge on any atom is -0.389 e. The molecule has 0 spiro atoms. The van der Waals surface area contributed by atoms with Crippen molar-refractivity contribution < 1.29 is 9.90 Å². The summed E-state index contributed by atoms with van der Waals surface area (Å²) < 4.78 is 0. The first-order chi connectivity index (χ1) is 7.62. The highest BCUT2D eigenvalue weighted by Crippen LogP contribution is 2.15. The first-order valence-electron chi connectivity index (χ1n) is 6.34. The van der Waals surface area contributed by atoms with Gasteiger partial charge in [-0.1, -0.05) is 13.8 Å². The van der Waals surface area contributed by atoms with Crippen LogP contribution in [-0.2, 0) is 4.79 Å². The smallest absolute Gasteiger partial charge is 0.234 e. The second-order valence-electron chi connectivity index (χ2n) is 5.90. The van der Waals surface area contributed by atoms with Crippen molar-refractivity contribution >= 4 is 5.91 Å². The van der Waals surface area contributed by atoms with Crippen molar-refractivity contribution in [1.82, 2.24) is 10.2 Å². The largest absolute Gasteiger partial charge is 0.389 e. The van der Waals surface area contributed by atoms with E-state index in [1.165, 1.54) is 0 Å². The van der Waals surface area contributed by atoms with Crippen LogP contribution in [0.1, 0.15) is 47.5 Å². The molecule has 0 aliphatic rings. The monoisotopic (exact) mass is 244 g/mol. The molecule has 1 amide bonds. The summed E-state index contributed by atoms with van der Waals surface area (Å²) in [5.74, 6) is -0.00504. The van der Waals surface area contributed by atoms with Gasteiger partial charge in [0.1, 0.15) is 0 Å². The van der Waals surface area contributed by atoms with Crippen molar-refractivity contribution in [2.75, 3.05) is 20.1 Å². The number of nitrogens with zero attached hydrogens (tertiary/aromatic N) is 1. The van der Waals surface area contributed by atoms with Gasteiger partial charge in [0, 0.05) is 12.1 Å². The van der Waals surface area contributed by atoms with Crippen LogP contribution in [0, 0.1) is 0 Å². The van der Waals surface area contributed by atoms with Gasteiger partial charge in [-0.05, 0) is 40.7 Å². The minimum absolute atomic E-state index is 0.00504. The van der Waals surface area contributed by atoms with Crippen LogP contribution >= 0.6 is 0 Å². The topological polar surface area (TPSA) is 52.6 Å². The molecule has 0 aliphatic carbocycles. The molecule has 0 radical (unpaired) electrons. The molecule has 0 heterocycles. The quantitative estimate of drug-likeness (QED) is 0.742. The van der Waals surface area contributed by atoms with Crippen LogP contribution in [0.5, 0.6) is 0 Å². The number of carbonyl (C=O) groups is 1. The highest BCUT2D eigenvalue weighted by Gasteiger charge is 2.25. The SMILES string of the molecule is CCC(O)(CC)CN(C)CC(=O)NC(C)(C)C. The van der Waals surface area contributed by atoms with E-state index in [1.807, 2.05) is 46.6 Å². The summed E-state index contributed by atoms with van der Waals surface area (Å²) in [6.45, 7) is 10.6. The van der Waals surface area contributed by atoms with E-state index < -0.39 is 5.60 Å². The molecule has 0 aromatic rings. The normalized spacial score (nSPS) is 12.9. The molecule has 0 aromatic heterocycles. The zero-order chi connectivity index (χ0) is 13.7. The van der Waals surface area contributed by atoms with Crippen molar-refractivity contribution in [3.8, 4) is 0 Å². The Kier molecular flexibility index (Phi) is 6.13. The fourth-order valence-corrected chi connectivity index (χ4v) is 1.73. The van der Waals surface area contributed by atoms with Crippen molar-refractivity contribution in [3.63, 3.8) is 0 Å². The van der Waals surface area contributed by atoms with Crippen LogP contribution in [0.3, 0.4) is 0 Å². The fourth-order valence-electron chi connectivity index (χ4n) is 1.73. The van der Waals surface area contributed by atoms with E-state index in [4.69, 9.17) is 0 Å². The van der Waals surface area contributed by atoms with Crippen LogP contribution in [0.15, 0.2) is 0 Å². The molecule has 0 saturated heterocycles. The average molecular weight is 244 g/mol. The zero-order valence-corrected chi connectivity index (χ0v) is 12.1. The van der Waals surface area contributed by atoms with Gasteiger partial charge >= 0.3 is 0 Å². The third-order valence-electron chi connectivity index (χ3n) is 2.81. The van der Waals surface area contributed by atoms with E-state index in [0.29, 0.717) is 25.9 Å². The van der Waals surface area contributed by atoms with E-state index in [1.54, 1.807) is 0 Å². The fraction of sp³-hybridized carbons (Fsp3) is 0.923. The number of rotatable bonds is 6. The molecule has 0 saturated carbocycles. The Bertz CT molecular complexity index is 242. The van der Waals surface area contributed by atoms with Crippen LogP contribution in [0.2, 0.25) is 0 Å². The Balaban J connectivity index is 4.18. The van der Waals surface area contributed by atoms with Gasteiger partial charge < -0.3 is 10.4 Å². The highest BCUT2D eigenvalue weighted by atomic mass is 16.3. The summed E-state index contributed by atoms with van der Waals surface area (Å²) in [6.07, 6.45) is 1.41. The number of aliphatic hydroxyl groups is 1. The van der Waals surface area contributed by atoms with Crippen LogP contribution in [0.25, 0.3) is 0 Å². The molecule has 0 aromatic carbocycles. The van der Waals surface area contributed by atoms with E-state index in [9.17, 15) is 9.90 Å². The van der Waals surface area contributed by atoms with Crippen LogP contribution in [-0.4, -0.2) is 47.2 Å². The lowest BCUT2D eigenvalue weighted by Gasteiger charge is -2.31. The third-order valence-corrected chi connectivity index (χ3v) is 2.81. The molecule has 4 heteroatoms. The second-order valence-corrected chi connectivity index (χ2v) is 5.90. The van der Waals surface area contributed by atoms with Crippen molar-refractivity contribution in [2.24, 2.45) is 0 Å². The molecule has 2 N–H and O–H groups in total. The van der Waals surface area contributed by atoms with Gasteiger partial charge in [-0.3, -0.25) is 9.69 Å². The molecule has 4 nitrogen and oxygen atoms in total. The van der Waals surface area contributed by atoms with Gasteiger partial charge in [0.15, 0.2) is 0 Å². The number of amides is 1. The summed E-state index contributed by atoms with van der Waals surface area (Å²) in [4.78, 5) is 13.6. The molecular weight excluding hydrogens is 216 g/mol. The maximum absolute atomic E-state index is 11.7. The van der Waals surface area contributed by atoms with Crippen molar-refractivity contribution in [1.29, 1.82) is 0 Å². The summed E-state index contributed by atoms with van der Waals surface area (Å²) in [5, 5.41) is 13.1. The Morgan fingerprint density at radius 3 is 2.06 bits per heavy atom. The molecule has 0 atom stereocenters. The summed E-state index contributed by atoms with van der Waals surface area (Å²) in [6, 6.07) is 0. The lowest BCUT2D eigenvalue weighted by molar-refractivity contribution is -0.124. The Morgan fingerprint density at radius 1 is 1.24 bits per heavy atom. The van der Waals surface area contributed by atoms with Crippen LogP contribution < -0.4 is 5.32 Å². The Hall–Kier alpha value is -0.610. The third kappa shape index (κ3) is 7.34. The highest BCUT2D eigenvalue weighted by molar-refractivity contribution is 5.78. The number of nitrogens with one attached hydrogen (secondary N) is 1. The molecule has 0 fully saturated rings. The van der Waals surface area contributed by atoms with Gasteiger partial charge in [0.2, 0.25) is 5.91 Å². The van der Waals surface area contributed by atoms with E-state index >= 15 is 0 Å². The first-order valence-corrected chi connectivity index (χ1v) is 6.34. The van der Waals surface area contributed by atoms with E-state index in [0.717, 1.165) is 0 Å². The second kappa shape index (κ2) is 6.36. The molecule has 0 rings (SSSR count). The van der Waals surface area contributed by atoms with E-state index in [-0.39, 0.29) is 11.4 Å². The molecule has 0 bridgehead atoms. The Labute approximate surface area is 105 Å². The maximum atomic E-state index is 11.7. The van der Waals surface area contributed by atoms with Gasteiger partial charge in [-0.2, -0.15) is 0 Å². The van der Waals surface area contributed by atoms with E-state index in [2.05, 4.69) is 5.32 Å². The molecule has 102 valence electrons. The van der Waals surface area contributed by atoms with Gasteiger partial charge in [0.05, 0.1) is 12.1 Å². The lowest BCUT2D eigenvalue weighted by atomic mass is 9.97. The van der Waals surface area contributed by atoms with Gasteiger partial charge in [-0.25, -0.2) is 0 Å². The Morgan fingerprint density at radius 2 is 1.71 bits per heavy atom. The number of likely N-dealkylation sites (N-methyl/N-ethyl adjacent to an activating group) is 1. The lowest BCUT2D eigenvalue weighted by Crippen LogP contribution is -2.48. The predicted octanol–water partition coefficient (Wildman–Crippen LogP) is 1.38. The summed E-state index contributed by atoms with van der Waals surface area (Å²) in [7, 11) is 1.86. The number of carbonyl (C=O) groups excluding carboxylic acids is 1.